The third kappa shape index (κ3) is 4.48. The summed E-state index contributed by atoms with van der Waals surface area (Å²) >= 11 is 6.68. The van der Waals surface area contributed by atoms with Gasteiger partial charge >= 0.3 is 6.01 Å². The number of phenolic OH excluding ortho intramolecular Hbond substituents is 1. The average Bonchev–Trinajstić information content (AvgIpc) is 3.61. The van der Waals surface area contributed by atoms with Crippen molar-refractivity contribution in [2.24, 2.45) is 0 Å². The Labute approximate surface area is 244 Å². The number of benzene rings is 2. The first-order valence-electron chi connectivity index (χ1n) is 15.0. The van der Waals surface area contributed by atoms with Crippen LogP contribution in [-0.2, 0) is 13.0 Å². The van der Waals surface area contributed by atoms with Gasteiger partial charge in [-0.2, -0.15) is 9.97 Å². The van der Waals surface area contributed by atoms with Crippen molar-refractivity contribution in [2.75, 3.05) is 49.1 Å². The summed E-state index contributed by atoms with van der Waals surface area (Å²) in [6, 6.07) is 10.7. The number of aromatic nitrogens is 2. The standard InChI is InChI=1S/C31H36ClFN6O2/c32-25-4-1-3-19-11-23(40)12-27(28(19)25)37-10-7-24-26(17-37)35-30(36-29(24)38-15-21-5-6-22(16-38)34-21)41-18-31-8-2-9-39(31)14-20(33)13-31/h1,3-4,11-12,20-22,34,40H,2,5-10,13-18H2/t20?,21-,22+,31?. The molecule has 4 saturated heterocycles. The number of nitrogens with zero attached hydrogens (tertiary/aromatic N) is 5. The number of rotatable bonds is 5. The molecule has 0 saturated carbocycles. The first kappa shape index (κ1) is 25.8. The molecule has 4 fully saturated rings. The summed E-state index contributed by atoms with van der Waals surface area (Å²) < 4.78 is 20.8. The van der Waals surface area contributed by atoms with Gasteiger partial charge in [0.2, 0.25) is 0 Å². The largest absolute Gasteiger partial charge is 0.508 e. The Kier molecular flexibility index (Phi) is 6.20. The van der Waals surface area contributed by atoms with E-state index in [9.17, 15) is 9.50 Å². The van der Waals surface area contributed by atoms with Crippen LogP contribution >= 0.6 is 11.6 Å². The molecule has 8 rings (SSSR count). The van der Waals surface area contributed by atoms with Crippen LogP contribution in [0.1, 0.15) is 43.4 Å². The maximum absolute atomic E-state index is 14.4. The van der Waals surface area contributed by atoms with Crippen molar-refractivity contribution >= 4 is 33.9 Å². The monoisotopic (exact) mass is 578 g/mol. The first-order chi connectivity index (χ1) is 19.9. The van der Waals surface area contributed by atoms with E-state index in [1.165, 1.54) is 18.4 Å². The summed E-state index contributed by atoms with van der Waals surface area (Å²) in [5, 5.41) is 16.8. The zero-order valence-corrected chi connectivity index (χ0v) is 23.9. The molecule has 0 spiro atoms. The minimum atomic E-state index is -0.798. The third-order valence-corrected chi connectivity index (χ3v) is 10.3. The molecule has 3 aromatic rings. The van der Waals surface area contributed by atoms with Crippen molar-refractivity contribution in [1.29, 1.82) is 0 Å². The molecule has 2 unspecified atom stereocenters. The van der Waals surface area contributed by atoms with E-state index in [1.54, 1.807) is 12.1 Å². The molecule has 6 heterocycles. The molecular weight excluding hydrogens is 543 g/mol. The number of halogens is 2. The fraction of sp³-hybridized carbons (Fsp3) is 0.548. The van der Waals surface area contributed by atoms with E-state index in [1.807, 2.05) is 18.2 Å². The van der Waals surface area contributed by atoms with Gasteiger partial charge in [-0.15, -0.1) is 0 Å². The number of ether oxygens (including phenoxy) is 1. The smallest absolute Gasteiger partial charge is 0.318 e. The number of hydrogen-bond acceptors (Lipinski definition) is 8. The molecular formula is C31H36ClFN6O2. The normalized spacial score (nSPS) is 29.3. The maximum Gasteiger partial charge on any atom is 0.318 e. The summed E-state index contributed by atoms with van der Waals surface area (Å²) in [7, 11) is 0. The van der Waals surface area contributed by atoms with E-state index >= 15 is 0 Å². The van der Waals surface area contributed by atoms with Crippen molar-refractivity contribution in [3.05, 3.63) is 46.6 Å². The second-order valence-electron chi connectivity index (χ2n) is 12.6. The summed E-state index contributed by atoms with van der Waals surface area (Å²) in [5.74, 6) is 1.20. The number of aromatic hydroxyl groups is 1. The van der Waals surface area contributed by atoms with Crippen LogP contribution in [0.15, 0.2) is 30.3 Å². The van der Waals surface area contributed by atoms with Gasteiger partial charge in [-0.1, -0.05) is 23.7 Å². The molecule has 0 radical (unpaired) electrons. The van der Waals surface area contributed by atoms with Crippen LogP contribution in [0.5, 0.6) is 11.8 Å². The molecule has 2 aromatic carbocycles. The van der Waals surface area contributed by atoms with Gasteiger partial charge in [0.15, 0.2) is 0 Å². The van der Waals surface area contributed by atoms with Gasteiger partial charge in [-0.05, 0) is 56.2 Å². The highest BCUT2D eigenvalue weighted by atomic mass is 35.5. The fourth-order valence-corrected chi connectivity index (χ4v) is 8.41. The van der Waals surface area contributed by atoms with Crippen LogP contribution in [0.3, 0.4) is 0 Å². The van der Waals surface area contributed by atoms with E-state index in [0.29, 0.717) is 49.2 Å². The minimum Gasteiger partial charge on any atom is -0.508 e. The van der Waals surface area contributed by atoms with E-state index < -0.39 is 6.17 Å². The molecule has 2 N–H and O–H groups in total. The van der Waals surface area contributed by atoms with E-state index in [-0.39, 0.29) is 11.3 Å². The van der Waals surface area contributed by atoms with Gasteiger partial charge in [-0.3, -0.25) is 4.90 Å². The second-order valence-corrected chi connectivity index (χ2v) is 13.0. The SMILES string of the molecule is Oc1cc(N2CCc3c(nc(OCC45CCCN4CC(F)C5)nc3N3C[C@H]4CC[C@@H](C3)N4)C2)c2c(Cl)cccc2c1. The van der Waals surface area contributed by atoms with Crippen molar-refractivity contribution in [2.45, 2.75) is 68.9 Å². The number of nitrogens with one attached hydrogen (secondary N) is 1. The van der Waals surface area contributed by atoms with E-state index in [0.717, 1.165) is 73.4 Å². The van der Waals surface area contributed by atoms with E-state index in [2.05, 4.69) is 20.0 Å². The van der Waals surface area contributed by atoms with Crippen molar-refractivity contribution in [3.8, 4) is 11.8 Å². The highest BCUT2D eigenvalue weighted by molar-refractivity contribution is 6.36. The van der Waals surface area contributed by atoms with Crippen molar-refractivity contribution in [1.82, 2.24) is 20.2 Å². The molecule has 216 valence electrons. The lowest BCUT2D eigenvalue weighted by atomic mass is 9.95. The van der Waals surface area contributed by atoms with Crippen LogP contribution in [0.4, 0.5) is 15.9 Å². The number of phenols is 1. The molecule has 0 aliphatic carbocycles. The Balaban J connectivity index is 1.15. The highest BCUT2D eigenvalue weighted by Crippen LogP contribution is 2.42. The summed E-state index contributed by atoms with van der Waals surface area (Å²) in [6.45, 7) is 5.02. The van der Waals surface area contributed by atoms with Crippen LogP contribution in [0.2, 0.25) is 5.02 Å². The Morgan fingerprint density at radius 1 is 1.10 bits per heavy atom. The lowest BCUT2D eigenvalue weighted by Crippen LogP contribution is -2.52. The molecule has 41 heavy (non-hydrogen) atoms. The minimum absolute atomic E-state index is 0.215. The number of fused-ring (bicyclic) bond motifs is 5. The zero-order valence-electron chi connectivity index (χ0n) is 23.2. The summed E-state index contributed by atoms with van der Waals surface area (Å²) in [4.78, 5) is 17.0. The summed E-state index contributed by atoms with van der Waals surface area (Å²) in [5.41, 5.74) is 2.77. The van der Waals surface area contributed by atoms with E-state index in [4.69, 9.17) is 26.3 Å². The molecule has 2 bridgehead atoms. The Morgan fingerprint density at radius 3 is 2.80 bits per heavy atom. The topological polar surface area (TPSA) is 77.0 Å². The molecule has 1 aromatic heterocycles. The van der Waals surface area contributed by atoms with Crippen LogP contribution in [0.25, 0.3) is 10.8 Å². The van der Waals surface area contributed by atoms with Gasteiger partial charge in [0.25, 0.3) is 0 Å². The molecule has 4 atom stereocenters. The lowest BCUT2D eigenvalue weighted by molar-refractivity contribution is 0.107. The number of anilines is 2. The summed E-state index contributed by atoms with van der Waals surface area (Å²) in [6.07, 6.45) is 4.92. The predicted molar refractivity (Wildman–Crippen MR) is 158 cm³/mol. The lowest BCUT2D eigenvalue weighted by Gasteiger charge is -2.38. The second kappa shape index (κ2) is 9.85. The average molecular weight is 579 g/mol. The van der Waals surface area contributed by atoms with Crippen LogP contribution in [0, 0.1) is 0 Å². The van der Waals surface area contributed by atoms with Crippen molar-refractivity contribution < 1.29 is 14.2 Å². The molecule has 5 aliphatic heterocycles. The van der Waals surface area contributed by atoms with Gasteiger partial charge in [0, 0.05) is 61.7 Å². The maximum atomic E-state index is 14.4. The molecule has 5 aliphatic rings. The Bertz CT molecular complexity index is 1500. The molecule has 8 nitrogen and oxygen atoms in total. The number of alkyl halides is 1. The number of piperazine rings is 1. The quantitative estimate of drug-likeness (QED) is 0.460. The Hall–Kier alpha value is -2.88. The number of hydrogen-bond donors (Lipinski definition) is 2. The highest BCUT2D eigenvalue weighted by Gasteiger charge is 2.49. The zero-order chi connectivity index (χ0) is 27.7. The van der Waals surface area contributed by atoms with Gasteiger partial charge < -0.3 is 25.0 Å². The predicted octanol–water partition coefficient (Wildman–Crippen LogP) is 4.45. The van der Waals surface area contributed by atoms with Gasteiger partial charge in [0.1, 0.15) is 24.3 Å². The van der Waals surface area contributed by atoms with Crippen LogP contribution < -0.4 is 19.9 Å². The third-order valence-electron chi connectivity index (χ3n) is 10.0. The first-order valence-corrected chi connectivity index (χ1v) is 15.4. The van der Waals surface area contributed by atoms with Gasteiger partial charge in [0.05, 0.1) is 28.5 Å². The fourth-order valence-electron chi connectivity index (χ4n) is 8.13. The molecule has 0 amide bonds. The van der Waals surface area contributed by atoms with Crippen LogP contribution in [-0.4, -0.2) is 83.1 Å². The molecule has 10 heteroatoms. The van der Waals surface area contributed by atoms with Crippen molar-refractivity contribution in [3.63, 3.8) is 0 Å². The Morgan fingerprint density at radius 2 is 1.95 bits per heavy atom. The van der Waals surface area contributed by atoms with Gasteiger partial charge in [-0.25, -0.2) is 4.39 Å².